The summed E-state index contributed by atoms with van der Waals surface area (Å²) >= 11 is 8.19. The fourth-order valence-corrected chi connectivity index (χ4v) is 3.88. The number of hydrogen-bond donors (Lipinski definition) is 0. The summed E-state index contributed by atoms with van der Waals surface area (Å²) in [5, 5.41) is 2.35. The minimum absolute atomic E-state index is 0.345. The number of hydrogen-bond acceptors (Lipinski definition) is 3. The van der Waals surface area contributed by atoms with Crippen molar-refractivity contribution in [1.82, 2.24) is 4.98 Å². The van der Waals surface area contributed by atoms with E-state index in [1.165, 1.54) is 0 Å². The first-order valence-corrected chi connectivity index (χ1v) is 7.94. The minimum atomic E-state index is 0.345. The van der Waals surface area contributed by atoms with Crippen LogP contribution in [0.1, 0.15) is 18.9 Å². The van der Waals surface area contributed by atoms with Crippen molar-refractivity contribution < 1.29 is 4.74 Å². The molecule has 1 saturated heterocycles. The Bertz CT molecular complexity index is 589. The van der Waals surface area contributed by atoms with Crippen LogP contribution < -0.4 is 0 Å². The zero-order chi connectivity index (χ0) is 13.2. The van der Waals surface area contributed by atoms with Crippen molar-refractivity contribution in [2.75, 3.05) is 6.61 Å². The van der Waals surface area contributed by atoms with Gasteiger partial charge in [0, 0.05) is 28.6 Å². The van der Waals surface area contributed by atoms with Crippen LogP contribution in [0.5, 0.6) is 0 Å². The Labute approximate surface area is 122 Å². The molecule has 1 aliphatic rings. The van der Waals surface area contributed by atoms with Gasteiger partial charge in [0.25, 0.3) is 0 Å². The van der Waals surface area contributed by atoms with Gasteiger partial charge in [-0.1, -0.05) is 29.8 Å². The molecule has 0 bridgehead atoms. The number of benzene rings is 1. The van der Waals surface area contributed by atoms with Crippen molar-refractivity contribution in [3.63, 3.8) is 0 Å². The number of fused-ring (bicyclic) bond motifs is 1. The van der Waals surface area contributed by atoms with Gasteiger partial charge in [0.05, 0.1) is 11.6 Å². The van der Waals surface area contributed by atoms with Gasteiger partial charge in [-0.3, -0.25) is 0 Å². The summed E-state index contributed by atoms with van der Waals surface area (Å²) in [6.45, 7) is 3.02. The fourth-order valence-electron chi connectivity index (χ4n) is 2.37. The van der Waals surface area contributed by atoms with E-state index in [1.54, 1.807) is 0 Å². The van der Waals surface area contributed by atoms with Crippen LogP contribution in [0.15, 0.2) is 30.3 Å². The smallest absolute Gasteiger partial charge is 0.133 e. The van der Waals surface area contributed by atoms with Gasteiger partial charge in [-0.05, 0) is 25.5 Å². The van der Waals surface area contributed by atoms with Crippen LogP contribution in [0, 0.1) is 0 Å². The molecule has 2 aromatic rings. The molecule has 2 unspecified atom stereocenters. The molecule has 3 rings (SSSR count). The number of halogens is 1. The number of ether oxygens (including phenoxy) is 1. The third kappa shape index (κ3) is 2.88. The zero-order valence-electron chi connectivity index (χ0n) is 10.8. The van der Waals surface area contributed by atoms with Crippen LogP contribution >= 0.6 is 23.4 Å². The summed E-state index contributed by atoms with van der Waals surface area (Å²) in [6, 6.07) is 10.2. The molecule has 2 nitrogen and oxygen atoms in total. The maximum absolute atomic E-state index is 6.27. The highest BCUT2D eigenvalue weighted by atomic mass is 35.5. The Hall–Kier alpha value is -0.770. The monoisotopic (exact) mass is 293 g/mol. The summed E-state index contributed by atoms with van der Waals surface area (Å²) < 4.78 is 5.58. The van der Waals surface area contributed by atoms with Crippen LogP contribution in [-0.4, -0.2) is 22.9 Å². The van der Waals surface area contributed by atoms with E-state index in [1.807, 2.05) is 30.0 Å². The molecule has 1 aromatic carbocycles. The second-order valence-corrected chi connectivity index (χ2v) is 6.43. The lowest BCUT2D eigenvalue weighted by Gasteiger charge is -2.14. The Morgan fingerprint density at radius 1 is 1.42 bits per heavy atom. The van der Waals surface area contributed by atoms with E-state index in [2.05, 4.69) is 24.0 Å². The maximum atomic E-state index is 6.27. The second-order valence-electron chi connectivity index (χ2n) is 4.85. The molecule has 0 N–H and O–H groups in total. The van der Waals surface area contributed by atoms with Crippen molar-refractivity contribution in [2.45, 2.75) is 30.5 Å². The fraction of sp³-hybridized carbons (Fsp3) is 0.400. The molecule has 1 fully saturated rings. The molecule has 0 amide bonds. The summed E-state index contributed by atoms with van der Waals surface area (Å²) in [6.07, 6.45) is 1.47. The molecule has 1 aromatic heterocycles. The van der Waals surface area contributed by atoms with Gasteiger partial charge < -0.3 is 4.74 Å². The first-order chi connectivity index (χ1) is 9.24. The number of aromatic nitrogens is 1. The van der Waals surface area contributed by atoms with Crippen molar-refractivity contribution in [1.29, 1.82) is 0 Å². The molecule has 0 radical (unpaired) electrons. The summed E-state index contributed by atoms with van der Waals surface area (Å²) in [5.74, 6) is 0.898. The number of rotatable bonds is 3. The van der Waals surface area contributed by atoms with E-state index >= 15 is 0 Å². The summed E-state index contributed by atoms with van der Waals surface area (Å²) in [4.78, 5) is 4.46. The van der Waals surface area contributed by atoms with Gasteiger partial charge in [-0.15, -0.1) is 0 Å². The summed E-state index contributed by atoms with van der Waals surface area (Å²) in [5.41, 5.74) is 2.07. The van der Waals surface area contributed by atoms with Crippen LogP contribution in [-0.2, 0) is 10.5 Å². The van der Waals surface area contributed by atoms with Crippen molar-refractivity contribution in [2.24, 2.45) is 0 Å². The second kappa shape index (κ2) is 5.70. The van der Waals surface area contributed by atoms with Gasteiger partial charge >= 0.3 is 0 Å². The standard InChI is InChI=1S/C15H16ClNOS/c1-10-14(6-7-18-10)19-9-12-8-11-4-2-3-5-13(11)17-15(12)16/h2-5,8,10,14H,6-7,9H2,1H3. The van der Waals surface area contributed by atoms with Crippen LogP contribution in [0.3, 0.4) is 0 Å². The molecule has 0 aliphatic carbocycles. The number of para-hydroxylation sites is 1. The molecule has 1 aliphatic heterocycles. The average molecular weight is 294 g/mol. The average Bonchev–Trinajstić information content (AvgIpc) is 2.82. The third-order valence-electron chi connectivity index (χ3n) is 3.51. The molecular formula is C15H16ClNOS. The van der Waals surface area contributed by atoms with E-state index < -0.39 is 0 Å². The van der Waals surface area contributed by atoms with E-state index in [-0.39, 0.29) is 0 Å². The minimum Gasteiger partial charge on any atom is -0.377 e. The molecular weight excluding hydrogens is 278 g/mol. The van der Waals surface area contributed by atoms with Crippen molar-refractivity contribution in [3.05, 3.63) is 41.0 Å². The largest absolute Gasteiger partial charge is 0.377 e. The number of nitrogens with zero attached hydrogens (tertiary/aromatic N) is 1. The normalized spacial score (nSPS) is 23.1. The molecule has 0 spiro atoms. The SMILES string of the molecule is CC1OCCC1SCc1cc2ccccc2nc1Cl. The molecule has 100 valence electrons. The quantitative estimate of drug-likeness (QED) is 0.788. The number of thioether (sulfide) groups is 1. The molecule has 0 saturated carbocycles. The van der Waals surface area contributed by atoms with Gasteiger partial charge in [-0.2, -0.15) is 11.8 Å². The van der Waals surface area contributed by atoms with Gasteiger partial charge in [0.2, 0.25) is 0 Å². The highest BCUT2D eigenvalue weighted by molar-refractivity contribution is 7.99. The Morgan fingerprint density at radius 3 is 3.05 bits per heavy atom. The highest BCUT2D eigenvalue weighted by Crippen LogP contribution is 2.31. The number of pyridine rings is 1. The Kier molecular flexibility index (Phi) is 3.96. The van der Waals surface area contributed by atoms with Crippen LogP contribution in [0.25, 0.3) is 10.9 Å². The van der Waals surface area contributed by atoms with Crippen LogP contribution in [0.2, 0.25) is 5.15 Å². The first-order valence-electron chi connectivity index (χ1n) is 6.51. The van der Waals surface area contributed by atoms with Crippen molar-refractivity contribution >= 4 is 34.3 Å². The molecule has 4 heteroatoms. The lowest BCUT2D eigenvalue weighted by atomic mass is 10.2. The Balaban J connectivity index is 1.78. The van der Waals surface area contributed by atoms with Crippen molar-refractivity contribution in [3.8, 4) is 0 Å². The van der Waals surface area contributed by atoms with E-state index in [9.17, 15) is 0 Å². The van der Waals surface area contributed by atoms with Gasteiger partial charge in [0.1, 0.15) is 5.15 Å². The third-order valence-corrected chi connectivity index (χ3v) is 5.36. The molecule has 19 heavy (non-hydrogen) atoms. The van der Waals surface area contributed by atoms with Gasteiger partial charge in [0.15, 0.2) is 0 Å². The summed E-state index contributed by atoms with van der Waals surface area (Å²) in [7, 11) is 0. The van der Waals surface area contributed by atoms with Crippen LogP contribution in [0.4, 0.5) is 0 Å². The van der Waals surface area contributed by atoms with E-state index in [0.29, 0.717) is 16.5 Å². The lowest BCUT2D eigenvalue weighted by Crippen LogP contribution is -2.13. The molecule has 2 heterocycles. The predicted octanol–water partition coefficient (Wildman–Crippen LogP) is 4.30. The van der Waals surface area contributed by atoms with E-state index in [0.717, 1.165) is 35.2 Å². The first kappa shape index (κ1) is 13.2. The van der Waals surface area contributed by atoms with Gasteiger partial charge in [-0.25, -0.2) is 4.98 Å². The topological polar surface area (TPSA) is 22.1 Å². The zero-order valence-corrected chi connectivity index (χ0v) is 12.4. The lowest BCUT2D eigenvalue weighted by molar-refractivity contribution is 0.127. The predicted molar refractivity (Wildman–Crippen MR) is 81.9 cm³/mol. The Morgan fingerprint density at radius 2 is 2.26 bits per heavy atom. The molecule has 2 atom stereocenters. The highest BCUT2D eigenvalue weighted by Gasteiger charge is 2.24. The maximum Gasteiger partial charge on any atom is 0.133 e. The van der Waals surface area contributed by atoms with E-state index in [4.69, 9.17) is 16.3 Å².